The zero-order chi connectivity index (χ0) is 4.41. The third-order valence-electron chi connectivity index (χ3n) is 1.04. The second kappa shape index (κ2) is 1.83. The Morgan fingerprint density at radius 3 is 2.50 bits per heavy atom. The van der Waals surface area contributed by atoms with Gasteiger partial charge in [0.1, 0.15) is 0 Å². The summed E-state index contributed by atoms with van der Waals surface area (Å²) in [5, 5.41) is 0. The zero-order valence-electron chi connectivity index (χ0n) is 3.65. The van der Waals surface area contributed by atoms with Crippen molar-refractivity contribution in [2.24, 2.45) is 5.92 Å². The zero-order valence-corrected chi connectivity index (χ0v) is 4.41. The Bertz CT molecular complexity index is 39.2. The van der Waals surface area contributed by atoms with Crippen molar-refractivity contribution in [3.8, 4) is 0 Å². The smallest absolute Gasteiger partial charge is 0.0257 e. The summed E-state index contributed by atoms with van der Waals surface area (Å²) in [4.78, 5) is 0. The van der Waals surface area contributed by atoms with E-state index in [-0.39, 0.29) is 0 Å². The summed E-state index contributed by atoms with van der Waals surface area (Å²) in [6, 6.07) is 0. The van der Waals surface area contributed by atoms with Crippen molar-refractivity contribution in [2.45, 2.75) is 12.8 Å². The summed E-state index contributed by atoms with van der Waals surface area (Å²) in [6.45, 7) is 0. The first-order valence-electron chi connectivity index (χ1n) is 2.33. The fourth-order valence-corrected chi connectivity index (χ4v) is 0.710. The van der Waals surface area contributed by atoms with Crippen LogP contribution in [0, 0.1) is 12.3 Å². The molecule has 0 unspecified atom stereocenters. The monoisotopic (exact) mass is 103 g/mol. The van der Waals surface area contributed by atoms with Crippen LogP contribution in [0.3, 0.4) is 0 Å². The van der Waals surface area contributed by atoms with Crippen LogP contribution in [-0.2, 0) is 0 Å². The van der Waals surface area contributed by atoms with Gasteiger partial charge in [-0.2, -0.15) is 0 Å². The van der Waals surface area contributed by atoms with E-state index in [9.17, 15) is 0 Å². The minimum absolute atomic E-state index is 0.741. The van der Waals surface area contributed by atoms with Crippen molar-refractivity contribution in [2.75, 3.05) is 5.88 Å². The maximum absolute atomic E-state index is 5.38. The van der Waals surface area contributed by atoms with Gasteiger partial charge in [-0.05, 0) is 25.2 Å². The van der Waals surface area contributed by atoms with E-state index < -0.39 is 0 Å². The predicted molar refractivity (Wildman–Crippen MR) is 27.7 cm³/mol. The van der Waals surface area contributed by atoms with Gasteiger partial charge in [-0.25, -0.2) is 0 Å². The molecule has 0 atom stereocenters. The molecule has 1 aliphatic rings. The van der Waals surface area contributed by atoms with Crippen LogP contribution in [0.2, 0.25) is 0 Å². The fraction of sp³-hybridized carbons (Fsp3) is 0.800. The third-order valence-corrected chi connectivity index (χ3v) is 1.22. The Kier molecular flexibility index (Phi) is 1.36. The van der Waals surface area contributed by atoms with Crippen LogP contribution in [-0.4, -0.2) is 5.88 Å². The largest absolute Gasteiger partial charge is 0.126 e. The molecule has 0 amide bonds. The minimum Gasteiger partial charge on any atom is -0.126 e. The Labute approximate surface area is 43.5 Å². The second-order valence-electron chi connectivity index (χ2n) is 1.73. The Hall–Kier alpha value is 0.290. The lowest BCUT2D eigenvalue weighted by molar-refractivity contribution is 1.00. The topological polar surface area (TPSA) is 0 Å². The molecule has 0 nitrogen and oxygen atoms in total. The number of hydrogen-bond donors (Lipinski definition) is 0. The van der Waals surface area contributed by atoms with Crippen molar-refractivity contribution >= 4 is 11.6 Å². The lowest BCUT2D eigenvalue weighted by Gasteiger charge is -1.80. The van der Waals surface area contributed by atoms with Crippen molar-refractivity contribution < 1.29 is 0 Å². The molecule has 0 spiro atoms. The normalized spacial score (nSPS) is 21.5. The first-order valence-corrected chi connectivity index (χ1v) is 2.86. The first-order chi connectivity index (χ1) is 2.93. The van der Waals surface area contributed by atoms with E-state index in [0.29, 0.717) is 0 Å². The number of alkyl halides is 1. The van der Waals surface area contributed by atoms with E-state index in [2.05, 4.69) is 6.42 Å². The lowest BCUT2D eigenvalue weighted by atomic mass is 10.3. The molecule has 0 aromatic rings. The van der Waals surface area contributed by atoms with E-state index >= 15 is 0 Å². The van der Waals surface area contributed by atoms with Gasteiger partial charge in [-0.15, -0.1) is 11.6 Å². The summed E-state index contributed by atoms with van der Waals surface area (Å²) in [5.74, 6) is 1.63. The summed E-state index contributed by atoms with van der Waals surface area (Å²) < 4.78 is 0. The maximum atomic E-state index is 5.38. The SMILES string of the molecule is ClC[CH]C1CC1. The van der Waals surface area contributed by atoms with E-state index in [4.69, 9.17) is 11.6 Å². The number of hydrogen-bond acceptors (Lipinski definition) is 0. The van der Waals surface area contributed by atoms with Crippen LogP contribution in [0.5, 0.6) is 0 Å². The van der Waals surface area contributed by atoms with Crippen LogP contribution in [0.4, 0.5) is 0 Å². The highest BCUT2D eigenvalue weighted by atomic mass is 35.5. The molecule has 1 fully saturated rings. The van der Waals surface area contributed by atoms with Crippen LogP contribution in [0.1, 0.15) is 12.8 Å². The van der Waals surface area contributed by atoms with Crippen molar-refractivity contribution in [3.05, 3.63) is 6.42 Å². The van der Waals surface area contributed by atoms with Gasteiger partial charge in [0, 0.05) is 5.88 Å². The first kappa shape index (κ1) is 4.45. The average Bonchev–Trinajstić information content (AvgIpc) is 2.21. The van der Waals surface area contributed by atoms with Crippen LogP contribution < -0.4 is 0 Å². The quantitative estimate of drug-likeness (QED) is 0.468. The number of rotatable bonds is 2. The number of halogens is 1. The van der Waals surface area contributed by atoms with Crippen molar-refractivity contribution in [1.29, 1.82) is 0 Å². The van der Waals surface area contributed by atoms with Crippen LogP contribution >= 0.6 is 11.6 Å². The van der Waals surface area contributed by atoms with Crippen molar-refractivity contribution in [1.82, 2.24) is 0 Å². The molecule has 0 aromatic carbocycles. The van der Waals surface area contributed by atoms with Crippen LogP contribution in [0.25, 0.3) is 0 Å². The molecular formula is C5H8Cl. The molecule has 0 saturated heterocycles. The molecule has 0 aromatic heterocycles. The van der Waals surface area contributed by atoms with E-state index in [0.717, 1.165) is 11.8 Å². The molecule has 1 aliphatic carbocycles. The molecule has 1 rings (SSSR count). The van der Waals surface area contributed by atoms with E-state index in [1.807, 2.05) is 0 Å². The maximum Gasteiger partial charge on any atom is 0.0257 e. The van der Waals surface area contributed by atoms with Gasteiger partial charge < -0.3 is 0 Å². The standard InChI is InChI=1S/C5H8Cl/c6-4-3-5-1-2-5/h3,5H,1-2,4H2. The van der Waals surface area contributed by atoms with Gasteiger partial charge in [0.15, 0.2) is 0 Å². The Morgan fingerprint density at radius 1 is 1.67 bits per heavy atom. The molecule has 1 radical (unpaired) electrons. The predicted octanol–water partition coefficient (Wildman–Crippen LogP) is 1.84. The van der Waals surface area contributed by atoms with E-state index in [1.54, 1.807) is 0 Å². The molecule has 35 valence electrons. The van der Waals surface area contributed by atoms with Gasteiger partial charge >= 0.3 is 0 Å². The molecule has 1 saturated carbocycles. The van der Waals surface area contributed by atoms with Gasteiger partial charge in [-0.3, -0.25) is 0 Å². The molecule has 6 heavy (non-hydrogen) atoms. The highest BCUT2D eigenvalue weighted by Crippen LogP contribution is 2.31. The van der Waals surface area contributed by atoms with E-state index in [1.165, 1.54) is 12.8 Å². The highest BCUT2D eigenvalue weighted by Gasteiger charge is 2.19. The molecular weight excluding hydrogens is 95.5 g/mol. The Morgan fingerprint density at radius 2 is 2.33 bits per heavy atom. The fourth-order valence-electron chi connectivity index (χ4n) is 0.458. The summed E-state index contributed by atoms with van der Waals surface area (Å²) in [6.07, 6.45) is 4.93. The van der Waals surface area contributed by atoms with Crippen LogP contribution in [0.15, 0.2) is 0 Å². The molecule has 0 N–H and O–H groups in total. The second-order valence-corrected chi connectivity index (χ2v) is 2.04. The Balaban J connectivity index is 1.88. The molecule has 0 aliphatic heterocycles. The lowest BCUT2D eigenvalue weighted by Crippen LogP contribution is -1.75. The van der Waals surface area contributed by atoms with Gasteiger partial charge in [0.2, 0.25) is 0 Å². The summed E-state index contributed by atoms with van der Waals surface area (Å²) >= 11 is 5.38. The van der Waals surface area contributed by atoms with Gasteiger partial charge in [0.25, 0.3) is 0 Å². The molecule has 0 bridgehead atoms. The van der Waals surface area contributed by atoms with Gasteiger partial charge in [-0.1, -0.05) is 0 Å². The van der Waals surface area contributed by atoms with Gasteiger partial charge in [0.05, 0.1) is 0 Å². The summed E-state index contributed by atoms with van der Waals surface area (Å²) in [7, 11) is 0. The molecule has 0 heterocycles. The third kappa shape index (κ3) is 1.17. The van der Waals surface area contributed by atoms with Crippen molar-refractivity contribution in [3.63, 3.8) is 0 Å². The minimum atomic E-state index is 0.741. The molecule has 1 heteroatoms. The average molecular weight is 104 g/mol. The summed E-state index contributed by atoms with van der Waals surface area (Å²) in [5.41, 5.74) is 0. The highest BCUT2D eigenvalue weighted by molar-refractivity contribution is 6.18.